The van der Waals surface area contributed by atoms with E-state index >= 15 is 0 Å². The van der Waals surface area contributed by atoms with Gasteiger partial charge in [-0.05, 0) is 107 Å². The molecule has 5 rings (SSSR count). The lowest BCUT2D eigenvalue weighted by molar-refractivity contribution is -0.137. The number of alkyl halides is 3. The lowest BCUT2D eigenvalue weighted by Crippen LogP contribution is -2.40. The Morgan fingerprint density at radius 2 is 1.56 bits per heavy atom. The van der Waals surface area contributed by atoms with Gasteiger partial charge in [0.15, 0.2) is 0 Å². The minimum absolute atomic E-state index is 0.116. The second-order valence-electron chi connectivity index (χ2n) is 11.0. The number of likely N-dealkylation sites (tertiary alicyclic amines) is 1. The molecule has 0 bridgehead atoms. The maximum Gasteiger partial charge on any atom is 0.416 e. The number of benzene rings is 4. The van der Waals surface area contributed by atoms with Crippen LogP contribution >= 0.6 is 0 Å². The fourth-order valence-corrected chi connectivity index (χ4v) is 5.46. The Bertz CT molecular complexity index is 1500. The van der Waals surface area contributed by atoms with Crippen molar-refractivity contribution in [3.63, 3.8) is 0 Å². The van der Waals surface area contributed by atoms with E-state index in [9.17, 15) is 27.5 Å². The standard InChI is InChI=1S/C32H29F4NO2/c1-31(2)14-16-37(17-15-31)29(21-8-12-24(33)13-9-21)28-18-22-4-3-5-25(30(38)39)27(22)19-26(28)20-6-10-23(11-7-20)32(34,35)36/h3-13,18-19,29H,14-17H2,1-2H3,(H,38,39). The summed E-state index contributed by atoms with van der Waals surface area (Å²) in [5, 5.41) is 11.1. The van der Waals surface area contributed by atoms with Crippen LogP contribution in [0.3, 0.4) is 0 Å². The summed E-state index contributed by atoms with van der Waals surface area (Å²) in [4.78, 5) is 14.4. The minimum Gasteiger partial charge on any atom is -0.478 e. The van der Waals surface area contributed by atoms with E-state index in [1.165, 1.54) is 30.3 Å². The van der Waals surface area contributed by atoms with Crippen LogP contribution in [0.2, 0.25) is 0 Å². The van der Waals surface area contributed by atoms with Crippen molar-refractivity contribution in [2.75, 3.05) is 13.1 Å². The summed E-state index contributed by atoms with van der Waals surface area (Å²) >= 11 is 0. The molecule has 1 heterocycles. The Balaban J connectivity index is 1.75. The van der Waals surface area contributed by atoms with Crippen molar-refractivity contribution in [2.24, 2.45) is 5.41 Å². The zero-order chi connectivity index (χ0) is 27.9. The molecule has 1 N–H and O–H groups in total. The third-order valence-corrected chi connectivity index (χ3v) is 7.80. The first-order valence-electron chi connectivity index (χ1n) is 12.9. The molecular formula is C32H29F4NO2. The van der Waals surface area contributed by atoms with Gasteiger partial charge >= 0.3 is 12.1 Å². The molecule has 0 aliphatic carbocycles. The van der Waals surface area contributed by atoms with Crippen LogP contribution in [0.25, 0.3) is 21.9 Å². The third-order valence-electron chi connectivity index (χ3n) is 7.80. The van der Waals surface area contributed by atoms with Crippen LogP contribution in [0.5, 0.6) is 0 Å². The van der Waals surface area contributed by atoms with Gasteiger partial charge in [0, 0.05) is 0 Å². The van der Waals surface area contributed by atoms with Crippen LogP contribution in [0.4, 0.5) is 17.6 Å². The molecule has 1 atom stereocenters. The van der Waals surface area contributed by atoms with E-state index in [1.54, 1.807) is 24.3 Å². The lowest BCUT2D eigenvalue weighted by atomic mass is 9.80. The van der Waals surface area contributed by atoms with Crippen molar-refractivity contribution < 1.29 is 27.5 Å². The first-order chi connectivity index (χ1) is 18.4. The van der Waals surface area contributed by atoms with Crippen LogP contribution in [0.15, 0.2) is 78.9 Å². The smallest absolute Gasteiger partial charge is 0.416 e. The van der Waals surface area contributed by atoms with Crippen LogP contribution < -0.4 is 0 Å². The maximum atomic E-state index is 13.9. The number of carboxylic acids is 1. The Morgan fingerprint density at radius 3 is 2.15 bits per heavy atom. The molecule has 0 aromatic heterocycles. The number of hydrogen-bond acceptors (Lipinski definition) is 2. The highest BCUT2D eigenvalue weighted by Gasteiger charge is 2.33. The Kier molecular flexibility index (Phi) is 6.97. The van der Waals surface area contributed by atoms with Crippen LogP contribution in [0.1, 0.15) is 59.8 Å². The highest BCUT2D eigenvalue weighted by molar-refractivity contribution is 6.05. The molecular weight excluding hydrogens is 506 g/mol. The highest BCUT2D eigenvalue weighted by atomic mass is 19.4. The summed E-state index contributed by atoms with van der Waals surface area (Å²) < 4.78 is 54.0. The van der Waals surface area contributed by atoms with Crippen LogP contribution in [-0.4, -0.2) is 29.1 Å². The molecule has 4 aromatic carbocycles. The number of hydrogen-bond donors (Lipinski definition) is 1. The molecule has 202 valence electrons. The number of carbonyl (C=O) groups is 1. The summed E-state index contributed by atoms with van der Waals surface area (Å²) in [6.45, 7) is 6.03. The molecule has 3 nitrogen and oxygen atoms in total. The predicted octanol–water partition coefficient (Wildman–Crippen LogP) is 8.57. The normalized spacial score (nSPS) is 16.8. The van der Waals surface area contributed by atoms with Crippen molar-refractivity contribution >= 4 is 16.7 Å². The number of piperidine rings is 1. The van der Waals surface area contributed by atoms with Crippen molar-refractivity contribution in [3.05, 3.63) is 107 Å². The first-order valence-corrected chi connectivity index (χ1v) is 12.9. The Morgan fingerprint density at radius 1 is 0.923 bits per heavy atom. The van der Waals surface area contributed by atoms with Gasteiger partial charge in [-0.2, -0.15) is 13.2 Å². The van der Waals surface area contributed by atoms with E-state index in [0.29, 0.717) is 21.9 Å². The predicted molar refractivity (Wildman–Crippen MR) is 144 cm³/mol. The molecule has 0 saturated carbocycles. The fourth-order valence-electron chi connectivity index (χ4n) is 5.46. The number of halogens is 4. The van der Waals surface area contributed by atoms with E-state index in [0.717, 1.165) is 49.2 Å². The quantitative estimate of drug-likeness (QED) is 0.260. The van der Waals surface area contributed by atoms with Crippen molar-refractivity contribution in [1.82, 2.24) is 4.90 Å². The number of aromatic carboxylic acids is 1. The SMILES string of the molecule is CC1(C)CCN(C(c2ccc(F)cc2)c2cc3cccc(C(=O)O)c3cc2-c2ccc(C(F)(F)F)cc2)CC1. The molecule has 4 aromatic rings. The van der Waals surface area contributed by atoms with E-state index in [4.69, 9.17) is 0 Å². The van der Waals surface area contributed by atoms with Gasteiger partial charge in [0.1, 0.15) is 5.82 Å². The second-order valence-corrected chi connectivity index (χ2v) is 11.0. The molecule has 1 aliphatic rings. The van der Waals surface area contributed by atoms with Crippen LogP contribution in [0, 0.1) is 11.2 Å². The number of rotatable bonds is 5. The van der Waals surface area contributed by atoms with E-state index in [1.807, 2.05) is 12.1 Å². The number of nitrogens with zero attached hydrogens (tertiary/aromatic N) is 1. The van der Waals surface area contributed by atoms with E-state index in [2.05, 4.69) is 18.7 Å². The van der Waals surface area contributed by atoms with Gasteiger partial charge in [0.25, 0.3) is 0 Å². The van der Waals surface area contributed by atoms with Crippen molar-refractivity contribution in [1.29, 1.82) is 0 Å². The van der Waals surface area contributed by atoms with Gasteiger partial charge in [-0.25, -0.2) is 9.18 Å². The molecule has 7 heteroatoms. The van der Waals surface area contributed by atoms with Crippen molar-refractivity contribution in [3.8, 4) is 11.1 Å². The fraction of sp³-hybridized carbons (Fsp3) is 0.281. The van der Waals surface area contributed by atoms with Crippen molar-refractivity contribution in [2.45, 2.75) is 38.9 Å². The number of carboxylic acid groups (broad SMARTS) is 1. The van der Waals surface area contributed by atoms with E-state index in [-0.39, 0.29) is 22.8 Å². The van der Waals surface area contributed by atoms with Gasteiger partial charge in [-0.15, -0.1) is 0 Å². The van der Waals surface area contributed by atoms with Crippen LogP contribution in [-0.2, 0) is 6.18 Å². The summed E-state index contributed by atoms with van der Waals surface area (Å²) in [5.41, 5.74) is 2.42. The maximum absolute atomic E-state index is 13.9. The average molecular weight is 536 g/mol. The Labute approximate surface area is 224 Å². The largest absolute Gasteiger partial charge is 0.478 e. The van der Waals surface area contributed by atoms with Gasteiger partial charge in [-0.3, -0.25) is 4.90 Å². The summed E-state index contributed by atoms with van der Waals surface area (Å²) in [6, 6.07) is 19.7. The van der Waals surface area contributed by atoms with Gasteiger partial charge < -0.3 is 5.11 Å². The average Bonchev–Trinajstić information content (AvgIpc) is 2.89. The third kappa shape index (κ3) is 5.55. The number of fused-ring (bicyclic) bond motifs is 1. The molecule has 0 amide bonds. The van der Waals surface area contributed by atoms with Gasteiger partial charge in [0.2, 0.25) is 0 Å². The summed E-state index contributed by atoms with van der Waals surface area (Å²) in [5.74, 6) is -1.44. The second kappa shape index (κ2) is 10.1. The Hall–Kier alpha value is -3.71. The summed E-state index contributed by atoms with van der Waals surface area (Å²) in [7, 11) is 0. The monoisotopic (exact) mass is 535 g/mol. The molecule has 1 fully saturated rings. The highest BCUT2D eigenvalue weighted by Crippen LogP contribution is 2.42. The summed E-state index contributed by atoms with van der Waals surface area (Å²) in [6.07, 6.45) is -2.56. The first kappa shape index (κ1) is 26.9. The lowest BCUT2D eigenvalue weighted by Gasteiger charge is -2.42. The van der Waals surface area contributed by atoms with Gasteiger partial charge in [-0.1, -0.05) is 50.2 Å². The molecule has 1 unspecified atom stereocenters. The minimum atomic E-state index is -4.47. The zero-order valence-electron chi connectivity index (χ0n) is 21.7. The van der Waals surface area contributed by atoms with E-state index < -0.39 is 17.7 Å². The topological polar surface area (TPSA) is 40.5 Å². The molecule has 0 radical (unpaired) electrons. The molecule has 0 spiro atoms. The van der Waals surface area contributed by atoms with Gasteiger partial charge in [0.05, 0.1) is 17.2 Å². The molecule has 1 aliphatic heterocycles. The zero-order valence-corrected chi connectivity index (χ0v) is 21.7. The molecule has 39 heavy (non-hydrogen) atoms. The molecule has 1 saturated heterocycles.